The summed E-state index contributed by atoms with van der Waals surface area (Å²) >= 11 is -2.11. The quantitative estimate of drug-likeness (QED) is 0.739. The van der Waals surface area contributed by atoms with Crippen LogP contribution in [0.3, 0.4) is 0 Å². The number of rotatable bonds is 4. The van der Waals surface area contributed by atoms with Crippen molar-refractivity contribution in [2.45, 2.75) is 38.5 Å². The van der Waals surface area contributed by atoms with E-state index in [4.69, 9.17) is 0 Å². The highest BCUT2D eigenvalue weighted by atomic mass is 32.2. The van der Waals surface area contributed by atoms with Crippen LogP contribution in [0.1, 0.15) is 32.8 Å². The van der Waals surface area contributed by atoms with Gasteiger partial charge in [-0.2, -0.15) is 0 Å². The van der Waals surface area contributed by atoms with Crippen LogP contribution in [0.5, 0.6) is 0 Å². The molecule has 0 fully saturated rings. The number of benzene rings is 1. The molecule has 0 bridgehead atoms. The Kier molecular flexibility index (Phi) is 4.05. The topological polar surface area (TPSA) is 40.1 Å². The summed E-state index contributed by atoms with van der Waals surface area (Å²) in [6.45, 7) is 6.60. The highest BCUT2D eigenvalue weighted by Crippen LogP contribution is 2.25. The SMILES string of the molecule is CCC(C)(C)Cc1ccc(S(=O)[O-])cc1. The zero-order valence-electron chi connectivity index (χ0n) is 9.45. The van der Waals surface area contributed by atoms with Crippen molar-refractivity contribution in [1.29, 1.82) is 0 Å². The van der Waals surface area contributed by atoms with E-state index in [1.807, 2.05) is 12.1 Å². The lowest BCUT2D eigenvalue weighted by Gasteiger charge is -2.22. The van der Waals surface area contributed by atoms with E-state index in [0.717, 1.165) is 12.8 Å². The van der Waals surface area contributed by atoms with Gasteiger partial charge >= 0.3 is 0 Å². The minimum Gasteiger partial charge on any atom is -0.768 e. The second-order valence-corrected chi connectivity index (χ2v) is 5.51. The first-order valence-electron chi connectivity index (χ1n) is 5.13. The lowest BCUT2D eigenvalue weighted by Crippen LogP contribution is -2.13. The van der Waals surface area contributed by atoms with Crippen LogP contribution in [-0.2, 0) is 17.5 Å². The zero-order chi connectivity index (χ0) is 11.5. The second-order valence-electron chi connectivity index (χ2n) is 4.57. The van der Waals surface area contributed by atoms with E-state index in [1.54, 1.807) is 12.1 Å². The molecule has 0 aromatic heterocycles. The molecule has 0 aliphatic rings. The Hall–Kier alpha value is -0.670. The van der Waals surface area contributed by atoms with E-state index in [2.05, 4.69) is 20.8 Å². The van der Waals surface area contributed by atoms with Crippen molar-refractivity contribution in [1.82, 2.24) is 0 Å². The van der Waals surface area contributed by atoms with Gasteiger partial charge in [0.25, 0.3) is 0 Å². The summed E-state index contributed by atoms with van der Waals surface area (Å²) in [5.74, 6) is 0. The van der Waals surface area contributed by atoms with Gasteiger partial charge in [-0.25, -0.2) is 0 Å². The van der Waals surface area contributed by atoms with Gasteiger partial charge < -0.3 is 4.55 Å². The van der Waals surface area contributed by atoms with Crippen molar-refractivity contribution in [2.24, 2.45) is 5.41 Å². The molecule has 84 valence electrons. The molecule has 0 radical (unpaired) electrons. The maximum atomic E-state index is 10.7. The molecule has 0 N–H and O–H groups in total. The lowest BCUT2D eigenvalue weighted by molar-refractivity contribution is 0.349. The molecular formula is C12H17O2S-. The van der Waals surface area contributed by atoms with E-state index < -0.39 is 11.1 Å². The van der Waals surface area contributed by atoms with Gasteiger partial charge in [0, 0.05) is 4.90 Å². The average molecular weight is 225 g/mol. The molecule has 1 aromatic carbocycles. The van der Waals surface area contributed by atoms with Gasteiger partial charge in [-0.1, -0.05) is 39.3 Å². The van der Waals surface area contributed by atoms with Gasteiger partial charge in [-0.3, -0.25) is 4.21 Å². The molecule has 3 heteroatoms. The molecule has 1 atom stereocenters. The molecule has 2 nitrogen and oxygen atoms in total. The van der Waals surface area contributed by atoms with Crippen LogP contribution < -0.4 is 0 Å². The predicted molar refractivity (Wildman–Crippen MR) is 61.4 cm³/mol. The molecule has 1 unspecified atom stereocenters. The van der Waals surface area contributed by atoms with Crippen LogP contribution in [0.15, 0.2) is 29.2 Å². The number of hydrogen-bond donors (Lipinski definition) is 0. The summed E-state index contributed by atoms with van der Waals surface area (Å²) in [4.78, 5) is 0.355. The summed E-state index contributed by atoms with van der Waals surface area (Å²) in [7, 11) is 0. The predicted octanol–water partition coefficient (Wildman–Crippen LogP) is 2.90. The Bertz CT molecular complexity index is 341. The molecule has 0 spiro atoms. The van der Waals surface area contributed by atoms with Crippen LogP contribution in [0.4, 0.5) is 0 Å². The second kappa shape index (κ2) is 4.90. The monoisotopic (exact) mass is 225 g/mol. The van der Waals surface area contributed by atoms with E-state index in [0.29, 0.717) is 4.90 Å². The van der Waals surface area contributed by atoms with Crippen LogP contribution in [0.25, 0.3) is 0 Å². The van der Waals surface area contributed by atoms with Crippen LogP contribution in [0.2, 0.25) is 0 Å². The van der Waals surface area contributed by atoms with Gasteiger partial charge in [0.1, 0.15) is 0 Å². The first-order valence-corrected chi connectivity index (χ1v) is 6.20. The van der Waals surface area contributed by atoms with Gasteiger partial charge in [0.2, 0.25) is 0 Å². The Morgan fingerprint density at radius 1 is 1.27 bits per heavy atom. The summed E-state index contributed by atoms with van der Waals surface area (Å²) in [5.41, 5.74) is 1.47. The first kappa shape index (κ1) is 12.4. The highest BCUT2D eigenvalue weighted by molar-refractivity contribution is 7.79. The first-order chi connectivity index (χ1) is 6.94. The third-order valence-corrected chi connectivity index (χ3v) is 3.41. The van der Waals surface area contributed by atoms with Gasteiger partial charge in [0.15, 0.2) is 0 Å². The number of hydrogen-bond acceptors (Lipinski definition) is 2. The highest BCUT2D eigenvalue weighted by Gasteiger charge is 2.15. The molecule has 0 aliphatic heterocycles. The molecule has 0 amide bonds. The molecule has 0 aliphatic carbocycles. The van der Waals surface area contributed by atoms with E-state index in [1.165, 1.54) is 5.56 Å². The third kappa shape index (κ3) is 3.76. The van der Waals surface area contributed by atoms with Crippen molar-refractivity contribution < 1.29 is 8.76 Å². The summed E-state index contributed by atoms with van der Waals surface area (Å²) in [6, 6.07) is 7.10. The van der Waals surface area contributed by atoms with Crippen molar-refractivity contribution in [3.05, 3.63) is 29.8 Å². The Labute approximate surface area is 94.0 Å². The van der Waals surface area contributed by atoms with Gasteiger partial charge in [-0.15, -0.1) is 0 Å². The Morgan fingerprint density at radius 3 is 2.20 bits per heavy atom. The average Bonchev–Trinajstić information content (AvgIpc) is 2.18. The maximum Gasteiger partial charge on any atom is 0.0248 e. The molecule has 0 saturated heterocycles. The zero-order valence-corrected chi connectivity index (χ0v) is 10.3. The third-order valence-electron chi connectivity index (χ3n) is 2.76. The van der Waals surface area contributed by atoms with Crippen molar-refractivity contribution in [3.63, 3.8) is 0 Å². The minimum atomic E-state index is -2.11. The largest absolute Gasteiger partial charge is 0.768 e. The minimum absolute atomic E-state index is 0.276. The molecule has 1 aromatic rings. The summed E-state index contributed by atoms with van der Waals surface area (Å²) in [6.07, 6.45) is 2.09. The fraction of sp³-hybridized carbons (Fsp3) is 0.500. The molecule has 0 saturated carbocycles. The molecule has 1 rings (SSSR count). The van der Waals surface area contributed by atoms with Crippen LogP contribution >= 0.6 is 0 Å². The van der Waals surface area contributed by atoms with E-state index in [9.17, 15) is 8.76 Å². The Balaban J connectivity index is 2.77. The van der Waals surface area contributed by atoms with E-state index in [-0.39, 0.29) is 5.41 Å². The molecule has 0 heterocycles. The van der Waals surface area contributed by atoms with Gasteiger partial charge in [-0.05, 0) is 40.6 Å². The Morgan fingerprint density at radius 2 is 1.80 bits per heavy atom. The van der Waals surface area contributed by atoms with Gasteiger partial charge in [0.05, 0.1) is 0 Å². The lowest BCUT2D eigenvalue weighted by atomic mass is 9.83. The standard InChI is InChI=1S/C12H18O2S/c1-4-12(2,3)9-10-5-7-11(8-6-10)15(13)14/h5-8H,4,9H2,1-3H3,(H,13,14)/p-1. The maximum absolute atomic E-state index is 10.7. The van der Waals surface area contributed by atoms with Crippen LogP contribution in [0, 0.1) is 5.41 Å². The van der Waals surface area contributed by atoms with E-state index >= 15 is 0 Å². The fourth-order valence-electron chi connectivity index (χ4n) is 1.40. The van der Waals surface area contributed by atoms with Crippen molar-refractivity contribution >= 4 is 11.1 Å². The fourth-order valence-corrected chi connectivity index (χ4v) is 1.75. The molecular weight excluding hydrogens is 208 g/mol. The van der Waals surface area contributed by atoms with Crippen molar-refractivity contribution in [3.8, 4) is 0 Å². The van der Waals surface area contributed by atoms with Crippen molar-refractivity contribution in [2.75, 3.05) is 0 Å². The van der Waals surface area contributed by atoms with Crippen LogP contribution in [-0.4, -0.2) is 8.76 Å². The smallest absolute Gasteiger partial charge is 0.0248 e. The normalized spacial score (nSPS) is 13.9. The summed E-state index contributed by atoms with van der Waals surface area (Å²) in [5, 5.41) is 0. The molecule has 15 heavy (non-hydrogen) atoms. The summed E-state index contributed by atoms with van der Waals surface area (Å²) < 4.78 is 21.3.